The molecule has 1 aliphatic heterocycles. The molecular weight excluding hydrogens is 412 g/mol. The summed E-state index contributed by atoms with van der Waals surface area (Å²) in [7, 11) is 3.19. The average Bonchev–Trinajstić information content (AvgIpc) is 3.30. The summed E-state index contributed by atoms with van der Waals surface area (Å²) in [5.41, 5.74) is 0.596. The van der Waals surface area contributed by atoms with Crippen LogP contribution in [0.25, 0.3) is 0 Å². The van der Waals surface area contributed by atoms with Gasteiger partial charge in [0.05, 0.1) is 25.1 Å². The van der Waals surface area contributed by atoms with Crippen LogP contribution in [0.4, 0.5) is 0 Å². The number of halogens is 1. The van der Waals surface area contributed by atoms with Crippen molar-refractivity contribution in [3.63, 3.8) is 0 Å². The van der Waals surface area contributed by atoms with Crippen molar-refractivity contribution < 1.29 is 19.1 Å². The minimum atomic E-state index is -0.430. The second-order valence-corrected chi connectivity index (χ2v) is 8.98. The van der Waals surface area contributed by atoms with Gasteiger partial charge in [0, 0.05) is 23.3 Å². The molecule has 156 valence electrons. The van der Waals surface area contributed by atoms with E-state index < -0.39 is 5.54 Å². The van der Waals surface area contributed by atoms with E-state index in [0.717, 1.165) is 10.4 Å². The third-order valence-corrected chi connectivity index (χ3v) is 6.38. The van der Waals surface area contributed by atoms with Gasteiger partial charge in [-0.1, -0.05) is 17.7 Å². The molecule has 1 saturated heterocycles. The monoisotopic (exact) mass is 436 g/mol. The standard InChI is InChI=1S/C21H25ClN2O4S/c1-27-16-5-3-14(11-17(16)28-2)12-21(10-8-20(26)24-21)9-7-19(25)23-13-15-4-6-18(22)29-15/h3-6,11H,7-10,12-13H2,1-2H3,(H,23,25)(H,24,26)/t21-/m0/s1. The molecule has 0 saturated carbocycles. The number of nitrogens with one attached hydrogen (secondary N) is 2. The first-order valence-corrected chi connectivity index (χ1v) is 10.7. The Morgan fingerprint density at radius 3 is 2.66 bits per heavy atom. The van der Waals surface area contributed by atoms with Crippen LogP contribution in [0, 0.1) is 0 Å². The van der Waals surface area contributed by atoms with Crippen molar-refractivity contribution in [3.8, 4) is 11.5 Å². The van der Waals surface area contributed by atoms with Gasteiger partial charge in [-0.25, -0.2) is 0 Å². The zero-order valence-corrected chi connectivity index (χ0v) is 18.1. The Kier molecular flexibility index (Phi) is 7.03. The third kappa shape index (κ3) is 5.64. The Labute approximate surface area is 179 Å². The van der Waals surface area contributed by atoms with Crippen LogP contribution in [-0.2, 0) is 22.6 Å². The topological polar surface area (TPSA) is 76.7 Å². The van der Waals surface area contributed by atoms with Crippen molar-refractivity contribution in [1.29, 1.82) is 0 Å². The molecule has 0 unspecified atom stereocenters. The van der Waals surface area contributed by atoms with Crippen molar-refractivity contribution in [3.05, 3.63) is 45.1 Å². The normalized spacial score (nSPS) is 18.4. The van der Waals surface area contributed by atoms with Crippen LogP contribution in [-0.4, -0.2) is 31.6 Å². The van der Waals surface area contributed by atoms with Crippen molar-refractivity contribution in [2.75, 3.05) is 14.2 Å². The molecule has 1 aromatic heterocycles. The Balaban J connectivity index is 1.62. The summed E-state index contributed by atoms with van der Waals surface area (Å²) in [6.45, 7) is 0.464. The van der Waals surface area contributed by atoms with Crippen LogP contribution in [0.2, 0.25) is 4.34 Å². The van der Waals surface area contributed by atoms with E-state index >= 15 is 0 Å². The fraction of sp³-hybridized carbons (Fsp3) is 0.429. The molecule has 0 bridgehead atoms. The number of thiophene rings is 1. The van der Waals surface area contributed by atoms with Crippen molar-refractivity contribution in [2.24, 2.45) is 0 Å². The van der Waals surface area contributed by atoms with Gasteiger partial charge in [0.25, 0.3) is 0 Å². The summed E-state index contributed by atoms with van der Waals surface area (Å²) >= 11 is 7.37. The summed E-state index contributed by atoms with van der Waals surface area (Å²) in [5, 5.41) is 6.03. The van der Waals surface area contributed by atoms with E-state index in [9.17, 15) is 9.59 Å². The highest BCUT2D eigenvalue weighted by Gasteiger charge is 2.38. The van der Waals surface area contributed by atoms with Crippen LogP contribution >= 0.6 is 22.9 Å². The fourth-order valence-electron chi connectivity index (χ4n) is 3.64. The van der Waals surface area contributed by atoms with Gasteiger partial charge in [0.1, 0.15) is 0 Å². The fourth-order valence-corrected chi connectivity index (χ4v) is 4.66. The molecule has 1 fully saturated rings. The van der Waals surface area contributed by atoms with Crippen LogP contribution in [0.5, 0.6) is 11.5 Å². The van der Waals surface area contributed by atoms with Crippen LogP contribution in [0.15, 0.2) is 30.3 Å². The number of rotatable bonds is 9. The van der Waals surface area contributed by atoms with Crippen LogP contribution in [0.1, 0.15) is 36.1 Å². The van der Waals surface area contributed by atoms with E-state index in [2.05, 4.69) is 10.6 Å². The first kappa shape index (κ1) is 21.5. The second kappa shape index (κ2) is 9.50. The van der Waals surface area contributed by atoms with E-state index in [0.29, 0.717) is 54.5 Å². The smallest absolute Gasteiger partial charge is 0.220 e. The molecule has 8 heteroatoms. The minimum Gasteiger partial charge on any atom is -0.493 e. The molecule has 3 rings (SSSR count). The first-order chi connectivity index (χ1) is 13.9. The zero-order chi connectivity index (χ0) is 20.9. The molecular formula is C21H25ClN2O4S. The number of hydrogen-bond donors (Lipinski definition) is 2. The lowest BCUT2D eigenvalue weighted by Crippen LogP contribution is -2.44. The molecule has 2 amide bonds. The highest BCUT2D eigenvalue weighted by molar-refractivity contribution is 7.16. The lowest BCUT2D eigenvalue weighted by Gasteiger charge is -2.29. The maximum atomic E-state index is 12.4. The predicted octanol–water partition coefficient (Wildman–Crippen LogP) is 3.71. The quantitative estimate of drug-likeness (QED) is 0.628. The van der Waals surface area contributed by atoms with Crippen molar-refractivity contribution in [1.82, 2.24) is 10.6 Å². The molecule has 1 aliphatic rings. The molecule has 1 aromatic carbocycles. The molecule has 2 N–H and O–H groups in total. The number of carbonyl (C=O) groups excluding carboxylic acids is 2. The molecule has 29 heavy (non-hydrogen) atoms. The van der Waals surface area contributed by atoms with Crippen LogP contribution in [0.3, 0.4) is 0 Å². The maximum Gasteiger partial charge on any atom is 0.220 e. The molecule has 0 spiro atoms. The molecule has 2 aromatic rings. The van der Waals surface area contributed by atoms with Gasteiger partial charge in [0.2, 0.25) is 11.8 Å². The predicted molar refractivity (Wildman–Crippen MR) is 114 cm³/mol. The molecule has 2 heterocycles. The number of methoxy groups -OCH3 is 2. The summed E-state index contributed by atoms with van der Waals surface area (Å²) in [4.78, 5) is 25.3. The van der Waals surface area contributed by atoms with Crippen LogP contribution < -0.4 is 20.1 Å². The lowest BCUT2D eigenvalue weighted by molar-refractivity contribution is -0.122. The SMILES string of the molecule is COc1ccc(C[C@]2(CCC(=O)NCc3ccc(Cl)s3)CCC(=O)N2)cc1OC. The van der Waals surface area contributed by atoms with Gasteiger partial charge in [0.15, 0.2) is 11.5 Å². The summed E-state index contributed by atoms with van der Waals surface area (Å²) in [5.74, 6) is 1.30. The van der Waals surface area contributed by atoms with Gasteiger partial charge in [-0.05, 0) is 49.1 Å². The first-order valence-electron chi connectivity index (χ1n) is 9.46. The van der Waals surface area contributed by atoms with E-state index in [-0.39, 0.29) is 11.8 Å². The van der Waals surface area contributed by atoms with Gasteiger partial charge >= 0.3 is 0 Å². The van der Waals surface area contributed by atoms with Gasteiger partial charge in [-0.15, -0.1) is 11.3 Å². The maximum absolute atomic E-state index is 12.4. The summed E-state index contributed by atoms with van der Waals surface area (Å²) in [6, 6.07) is 9.47. The number of ether oxygens (including phenoxy) is 2. The number of carbonyl (C=O) groups is 2. The Bertz CT molecular complexity index is 885. The van der Waals surface area contributed by atoms with Crippen molar-refractivity contribution >= 4 is 34.8 Å². The van der Waals surface area contributed by atoms with Crippen molar-refractivity contribution in [2.45, 2.75) is 44.2 Å². The molecule has 0 radical (unpaired) electrons. The number of benzene rings is 1. The Morgan fingerprint density at radius 2 is 2.03 bits per heavy atom. The summed E-state index contributed by atoms with van der Waals surface area (Å²) in [6.07, 6.45) is 2.72. The van der Waals surface area contributed by atoms with E-state index in [1.165, 1.54) is 11.3 Å². The molecule has 1 atom stereocenters. The van der Waals surface area contributed by atoms with E-state index in [4.69, 9.17) is 21.1 Å². The van der Waals surface area contributed by atoms with Gasteiger partial charge in [-0.2, -0.15) is 0 Å². The lowest BCUT2D eigenvalue weighted by atomic mass is 9.85. The number of amides is 2. The van der Waals surface area contributed by atoms with E-state index in [1.54, 1.807) is 14.2 Å². The van der Waals surface area contributed by atoms with Gasteiger partial charge < -0.3 is 20.1 Å². The highest BCUT2D eigenvalue weighted by Crippen LogP contribution is 2.33. The minimum absolute atomic E-state index is 0.0270. The Morgan fingerprint density at radius 1 is 1.24 bits per heavy atom. The number of hydrogen-bond acceptors (Lipinski definition) is 5. The largest absolute Gasteiger partial charge is 0.493 e. The average molecular weight is 437 g/mol. The second-order valence-electron chi connectivity index (χ2n) is 7.18. The van der Waals surface area contributed by atoms with Gasteiger partial charge in [-0.3, -0.25) is 9.59 Å². The summed E-state index contributed by atoms with van der Waals surface area (Å²) < 4.78 is 11.4. The third-order valence-electron chi connectivity index (χ3n) is 5.14. The highest BCUT2D eigenvalue weighted by atomic mass is 35.5. The van der Waals surface area contributed by atoms with E-state index in [1.807, 2.05) is 30.3 Å². The Hall–Kier alpha value is -2.25. The molecule has 6 nitrogen and oxygen atoms in total. The molecule has 0 aliphatic carbocycles. The zero-order valence-electron chi connectivity index (χ0n) is 16.5.